The molecule has 1 aromatic heterocycles. The molecule has 8 heteroatoms. The summed E-state index contributed by atoms with van der Waals surface area (Å²) in [6, 6.07) is 12.9. The first-order valence-electron chi connectivity index (χ1n) is 9.71. The van der Waals surface area contributed by atoms with Crippen LogP contribution in [0.4, 0.5) is 4.39 Å². The predicted octanol–water partition coefficient (Wildman–Crippen LogP) is 2.37. The molecule has 0 aliphatic rings. The fraction of sp³-hybridized carbons (Fsp3) is 0.273. The summed E-state index contributed by atoms with van der Waals surface area (Å²) >= 11 is 0. The molecule has 0 aliphatic heterocycles. The van der Waals surface area contributed by atoms with Gasteiger partial charge in [0.25, 0.3) is 11.5 Å². The van der Waals surface area contributed by atoms with Crippen LogP contribution in [0.3, 0.4) is 0 Å². The van der Waals surface area contributed by atoms with E-state index < -0.39 is 23.0 Å². The minimum Gasteiger partial charge on any atom is -0.338 e. The lowest BCUT2D eigenvalue weighted by molar-refractivity contribution is 0.0761. The van der Waals surface area contributed by atoms with Gasteiger partial charge in [-0.15, -0.1) is 0 Å². The molecule has 0 N–H and O–H groups in total. The highest BCUT2D eigenvalue weighted by Gasteiger charge is 2.24. The average molecular weight is 410 g/mol. The quantitative estimate of drug-likeness (QED) is 0.625. The molecular weight excluding hydrogens is 387 g/mol. The Morgan fingerprint density at radius 2 is 1.77 bits per heavy atom. The van der Waals surface area contributed by atoms with Gasteiger partial charge in [-0.3, -0.25) is 14.2 Å². The van der Waals surface area contributed by atoms with Gasteiger partial charge in [0.2, 0.25) is 5.69 Å². The minimum absolute atomic E-state index is 0.167. The van der Waals surface area contributed by atoms with Gasteiger partial charge in [0.1, 0.15) is 5.82 Å². The molecule has 0 radical (unpaired) electrons. The monoisotopic (exact) mass is 410 g/mol. The number of aryl methyl sites for hydroxylation is 1. The van der Waals surface area contributed by atoms with Gasteiger partial charge < -0.3 is 4.90 Å². The number of aromatic nitrogens is 3. The second-order valence-electron chi connectivity index (χ2n) is 6.84. The van der Waals surface area contributed by atoms with Crippen LogP contribution in [-0.4, -0.2) is 38.2 Å². The number of halogens is 1. The van der Waals surface area contributed by atoms with E-state index in [2.05, 4.69) is 5.10 Å². The molecule has 30 heavy (non-hydrogen) atoms. The molecule has 0 bridgehead atoms. The SMILES string of the molecule is CCN(CC)C(=O)c1nn(-c2cccc(C)c2)c(=O)n(Cc2ccccc2F)c1=O. The lowest BCUT2D eigenvalue weighted by Gasteiger charge is -2.19. The molecule has 0 fully saturated rings. The summed E-state index contributed by atoms with van der Waals surface area (Å²) in [5.41, 5.74) is -0.509. The zero-order valence-electron chi connectivity index (χ0n) is 17.1. The van der Waals surface area contributed by atoms with Crippen molar-refractivity contribution in [3.8, 4) is 5.69 Å². The highest BCUT2D eigenvalue weighted by atomic mass is 19.1. The normalized spacial score (nSPS) is 10.8. The molecule has 0 atom stereocenters. The van der Waals surface area contributed by atoms with Crippen LogP contribution in [0.5, 0.6) is 0 Å². The maximum Gasteiger partial charge on any atom is 0.352 e. The van der Waals surface area contributed by atoms with Crippen LogP contribution in [0.2, 0.25) is 0 Å². The number of amides is 1. The number of nitrogens with zero attached hydrogens (tertiary/aromatic N) is 4. The van der Waals surface area contributed by atoms with Gasteiger partial charge in [0.05, 0.1) is 12.2 Å². The van der Waals surface area contributed by atoms with Crippen LogP contribution in [-0.2, 0) is 6.54 Å². The smallest absolute Gasteiger partial charge is 0.338 e. The van der Waals surface area contributed by atoms with Crippen molar-refractivity contribution < 1.29 is 9.18 Å². The Hall–Kier alpha value is -3.55. The minimum atomic E-state index is -0.843. The van der Waals surface area contributed by atoms with E-state index in [0.29, 0.717) is 18.8 Å². The first-order chi connectivity index (χ1) is 14.4. The Kier molecular flexibility index (Phi) is 6.25. The van der Waals surface area contributed by atoms with Crippen molar-refractivity contribution >= 4 is 5.91 Å². The molecule has 7 nitrogen and oxygen atoms in total. The topological polar surface area (TPSA) is 77.2 Å². The van der Waals surface area contributed by atoms with Crippen LogP contribution >= 0.6 is 0 Å². The largest absolute Gasteiger partial charge is 0.352 e. The zero-order chi connectivity index (χ0) is 21.8. The van der Waals surface area contributed by atoms with Gasteiger partial charge in [0.15, 0.2) is 0 Å². The van der Waals surface area contributed by atoms with Crippen LogP contribution in [0.15, 0.2) is 58.1 Å². The standard InChI is InChI=1S/C22H23FN4O3/c1-4-25(5-2)20(28)19-21(29)26(14-16-10-6-7-12-18(16)23)22(30)27(24-19)17-11-8-9-15(3)13-17/h6-13H,4-5,14H2,1-3H3. The average Bonchev–Trinajstić information content (AvgIpc) is 2.73. The second kappa shape index (κ2) is 8.86. The van der Waals surface area contributed by atoms with Gasteiger partial charge in [-0.1, -0.05) is 30.3 Å². The van der Waals surface area contributed by atoms with Gasteiger partial charge in [-0.05, 0) is 44.5 Å². The highest BCUT2D eigenvalue weighted by Crippen LogP contribution is 2.09. The van der Waals surface area contributed by atoms with Gasteiger partial charge in [-0.2, -0.15) is 9.78 Å². The van der Waals surface area contributed by atoms with Crippen molar-refractivity contribution in [2.24, 2.45) is 0 Å². The van der Waals surface area contributed by atoms with E-state index in [1.807, 2.05) is 13.0 Å². The number of benzene rings is 2. The van der Waals surface area contributed by atoms with Gasteiger partial charge >= 0.3 is 5.69 Å². The van der Waals surface area contributed by atoms with Crippen molar-refractivity contribution in [3.05, 3.63) is 92.0 Å². The summed E-state index contributed by atoms with van der Waals surface area (Å²) in [6.45, 7) is 5.88. The fourth-order valence-electron chi connectivity index (χ4n) is 3.17. The van der Waals surface area contributed by atoms with Crippen LogP contribution in [0, 0.1) is 12.7 Å². The Morgan fingerprint density at radius 1 is 1.07 bits per heavy atom. The lowest BCUT2D eigenvalue weighted by atomic mass is 10.2. The number of hydrogen-bond donors (Lipinski definition) is 0. The maximum atomic E-state index is 14.2. The van der Waals surface area contributed by atoms with Gasteiger partial charge in [-0.25, -0.2) is 9.18 Å². The molecule has 0 saturated carbocycles. The van der Waals surface area contributed by atoms with Crippen molar-refractivity contribution in [1.82, 2.24) is 19.2 Å². The summed E-state index contributed by atoms with van der Waals surface area (Å²) in [6.07, 6.45) is 0. The molecule has 0 unspecified atom stereocenters. The number of rotatable bonds is 6. The summed E-state index contributed by atoms with van der Waals surface area (Å²) in [4.78, 5) is 40.5. The summed E-state index contributed by atoms with van der Waals surface area (Å²) < 4.78 is 16.1. The van der Waals surface area contributed by atoms with Crippen LogP contribution in [0.1, 0.15) is 35.5 Å². The van der Waals surface area contributed by atoms with Crippen molar-refractivity contribution in [2.45, 2.75) is 27.3 Å². The predicted molar refractivity (Wildman–Crippen MR) is 112 cm³/mol. The van der Waals surface area contributed by atoms with Crippen molar-refractivity contribution in [2.75, 3.05) is 13.1 Å². The fourth-order valence-corrected chi connectivity index (χ4v) is 3.17. The molecule has 3 rings (SSSR count). The Bertz CT molecular complexity index is 1200. The van der Waals surface area contributed by atoms with Crippen molar-refractivity contribution in [3.63, 3.8) is 0 Å². The lowest BCUT2D eigenvalue weighted by Crippen LogP contribution is -2.47. The van der Waals surface area contributed by atoms with Crippen LogP contribution in [0.25, 0.3) is 5.69 Å². The zero-order valence-corrected chi connectivity index (χ0v) is 17.1. The molecule has 2 aromatic carbocycles. The third-order valence-corrected chi connectivity index (χ3v) is 4.85. The molecule has 3 aromatic rings. The van der Waals surface area contributed by atoms with E-state index in [-0.39, 0.29) is 17.8 Å². The molecule has 0 spiro atoms. The Labute approximate surface area is 173 Å². The summed E-state index contributed by atoms with van der Waals surface area (Å²) in [5.74, 6) is -1.12. The maximum absolute atomic E-state index is 14.2. The number of carbonyl (C=O) groups is 1. The molecule has 1 heterocycles. The highest BCUT2D eigenvalue weighted by molar-refractivity contribution is 5.91. The van der Waals surface area contributed by atoms with E-state index in [0.717, 1.165) is 14.8 Å². The number of carbonyl (C=O) groups excluding carboxylic acids is 1. The molecule has 0 saturated heterocycles. The van der Waals surface area contributed by atoms with E-state index in [1.54, 1.807) is 38.1 Å². The molecular formula is C22H23FN4O3. The first-order valence-corrected chi connectivity index (χ1v) is 9.71. The number of hydrogen-bond acceptors (Lipinski definition) is 4. The Morgan fingerprint density at radius 3 is 2.40 bits per heavy atom. The molecule has 156 valence electrons. The van der Waals surface area contributed by atoms with E-state index in [9.17, 15) is 18.8 Å². The third kappa shape index (κ3) is 4.07. The third-order valence-electron chi connectivity index (χ3n) is 4.85. The summed E-state index contributed by atoms with van der Waals surface area (Å²) in [5, 5.41) is 4.11. The Balaban J connectivity index is 2.27. The van der Waals surface area contributed by atoms with E-state index >= 15 is 0 Å². The first kappa shape index (κ1) is 21.2. The second-order valence-corrected chi connectivity index (χ2v) is 6.84. The van der Waals surface area contributed by atoms with Gasteiger partial charge in [0, 0.05) is 18.7 Å². The summed E-state index contributed by atoms with van der Waals surface area (Å²) in [7, 11) is 0. The molecule has 0 aliphatic carbocycles. The van der Waals surface area contributed by atoms with Crippen LogP contribution < -0.4 is 11.2 Å². The van der Waals surface area contributed by atoms with Crippen molar-refractivity contribution in [1.29, 1.82) is 0 Å². The van der Waals surface area contributed by atoms with E-state index in [4.69, 9.17) is 0 Å². The molecule has 1 amide bonds. The van der Waals surface area contributed by atoms with E-state index in [1.165, 1.54) is 23.1 Å².